The van der Waals surface area contributed by atoms with Crippen molar-refractivity contribution in [1.82, 2.24) is 4.90 Å². The Hall–Kier alpha value is -1.46. The maximum absolute atomic E-state index is 11.0. The molecule has 2 rings (SSSR count). The molecule has 1 N–H and O–H groups in total. The highest BCUT2D eigenvalue weighted by Gasteiger charge is 2.30. The number of carboxylic acids is 1. The summed E-state index contributed by atoms with van der Waals surface area (Å²) in [6.07, 6.45) is 0.952. The number of ether oxygens (including phenoxy) is 2. The monoisotopic (exact) mass is 315 g/mol. The Balaban J connectivity index is 0.00000220. The standard InChI is InChI=1S/C15H21NO4.ClH/c1-10(15(17)18)16-5-4-11(9-16)12-6-13(19-2)8-14(7-12)20-3;/h6-8,10-11H,4-5,9H2,1-3H3,(H,17,18);1H. The van der Waals surface area contributed by atoms with Crippen LogP contribution in [0.3, 0.4) is 0 Å². The number of rotatable bonds is 5. The van der Waals surface area contributed by atoms with Gasteiger partial charge in [-0.05, 0) is 43.5 Å². The van der Waals surface area contributed by atoms with Crippen LogP contribution in [0.1, 0.15) is 24.8 Å². The smallest absolute Gasteiger partial charge is 0.320 e. The molecule has 0 aromatic heterocycles. The molecule has 1 aliphatic rings. The van der Waals surface area contributed by atoms with Crippen LogP contribution in [-0.2, 0) is 4.79 Å². The molecule has 0 amide bonds. The van der Waals surface area contributed by atoms with Crippen molar-refractivity contribution in [3.63, 3.8) is 0 Å². The van der Waals surface area contributed by atoms with E-state index in [0.717, 1.165) is 36.6 Å². The van der Waals surface area contributed by atoms with Crippen molar-refractivity contribution in [2.45, 2.75) is 25.3 Å². The van der Waals surface area contributed by atoms with Gasteiger partial charge in [-0.1, -0.05) is 0 Å². The van der Waals surface area contributed by atoms with Gasteiger partial charge < -0.3 is 14.6 Å². The lowest BCUT2D eigenvalue weighted by molar-refractivity contribution is -0.142. The molecule has 0 saturated carbocycles. The summed E-state index contributed by atoms with van der Waals surface area (Å²) >= 11 is 0. The van der Waals surface area contributed by atoms with Crippen LogP contribution in [0.2, 0.25) is 0 Å². The summed E-state index contributed by atoms with van der Waals surface area (Å²) < 4.78 is 10.6. The maximum Gasteiger partial charge on any atom is 0.320 e. The predicted molar refractivity (Wildman–Crippen MR) is 82.8 cm³/mol. The summed E-state index contributed by atoms with van der Waals surface area (Å²) in [4.78, 5) is 13.0. The number of halogens is 1. The maximum atomic E-state index is 11.0. The first kappa shape index (κ1) is 17.6. The summed E-state index contributed by atoms with van der Waals surface area (Å²) in [5, 5.41) is 9.08. The molecule has 0 bridgehead atoms. The zero-order valence-corrected chi connectivity index (χ0v) is 13.4. The third-order valence-corrected chi connectivity index (χ3v) is 3.97. The molecule has 21 heavy (non-hydrogen) atoms. The molecule has 1 aliphatic heterocycles. The molecule has 1 fully saturated rings. The topological polar surface area (TPSA) is 59.0 Å². The highest BCUT2D eigenvalue weighted by atomic mass is 35.5. The Kier molecular flexibility index (Phi) is 6.30. The minimum atomic E-state index is -0.770. The summed E-state index contributed by atoms with van der Waals surface area (Å²) in [5.74, 6) is 1.09. The summed E-state index contributed by atoms with van der Waals surface area (Å²) in [7, 11) is 3.26. The molecule has 0 spiro atoms. The molecule has 1 heterocycles. The van der Waals surface area contributed by atoms with Crippen LogP contribution < -0.4 is 9.47 Å². The minimum absolute atomic E-state index is 0. The molecule has 1 saturated heterocycles. The van der Waals surface area contributed by atoms with Crippen LogP contribution in [0, 0.1) is 0 Å². The third-order valence-electron chi connectivity index (χ3n) is 3.97. The number of likely N-dealkylation sites (tertiary alicyclic amines) is 1. The molecule has 6 heteroatoms. The van der Waals surface area contributed by atoms with Crippen molar-refractivity contribution in [3.8, 4) is 11.5 Å². The second kappa shape index (κ2) is 7.52. The molecule has 1 aromatic rings. The number of methoxy groups -OCH3 is 2. The number of carboxylic acid groups (broad SMARTS) is 1. The van der Waals surface area contributed by atoms with Gasteiger partial charge in [0.2, 0.25) is 0 Å². The lowest BCUT2D eigenvalue weighted by Crippen LogP contribution is -2.37. The number of hydrogen-bond donors (Lipinski definition) is 1. The van der Waals surface area contributed by atoms with Gasteiger partial charge in [-0.25, -0.2) is 0 Å². The number of hydrogen-bond acceptors (Lipinski definition) is 4. The van der Waals surface area contributed by atoms with Gasteiger partial charge in [-0.3, -0.25) is 9.69 Å². The second-order valence-electron chi connectivity index (χ2n) is 5.14. The zero-order valence-electron chi connectivity index (χ0n) is 12.5. The van der Waals surface area contributed by atoms with E-state index >= 15 is 0 Å². The molecule has 0 radical (unpaired) electrons. The first-order chi connectivity index (χ1) is 9.55. The van der Waals surface area contributed by atoms with E-state index in [2.05, 4.69) is 0 Å². The largest absolute Gasteiger partial charge is 0.497 e. The fraction of sp³-hybridized carbons (Fsp3) is 0.533. The molecule has 2 atom stereocenters. The SMILES string of the molecule is COc1cc(OC)cc(C2CCN(C(C)C(=O)O)C2)c1.Cl. The number of aliphatic carboxylic acids is 1. The number of benzene rings is 1. The average molecular weight is 316 g/mol. The first-order valence-electron chi connectivity index (χ1n) is 6.75. The van der Waals surface area contributed by atoms with Gasteiger partial charge >= 0.3 is 5.97 Å². The van der Waals surface area contributed by atoms with Gasteiger partial charge in [-0.2, -0.15) is 0 Å². The summed E-state index contributed by atoms with van der Waals surface area (Å²) in [6.45, 7) is 3.29. The van der Waals surface area contributed by atoms with E-state index in [1.54, 1.807) is 21.1 Å². The predicted octanol–water partition coefficient (Wildman–Crippen LogP) is 2.39. The van der Waals surface area contributed by atoms with Crippen LogP contribution in [0.15, 0.2) is 18.2 Å². The van der Waals surface area contributed by atoms with Crippen molar-refractivity contribution in [2.75, 3.05) is 27.3 Å². The van der Waals surface area contributed by atoms with Crippen LogP contribution >= 0.6 is 12.4 Å². The Morgan fingerprint density at radius 3 is 2.33 bits per heavy atom. The van der Waals surface area contributed by atoms with Gasteiger partial charge in [0.25, 0.3) is 0 Å². The summed E-state index contributed by atoms with van der Waals surface area (Å²) in [5.41, 5.74) is 1.14. The van der Waals surface area contributed by atoms with E-state index in [1.165, 1.54) is 0 Å². The van der Waals surface area contributed by atoms with Crippen molar-refractivity contribution in [1.29, 1.82) is 0 Å². The van der Waals surface area contributed by atoms with Crippen molar-refractivity contribution >= 4 is 18.4 Å². The Morgan fingerprint density at radius 1 is 1.29 bits per heavy atom. The fourth-order valence-electron chi connectivity index (χ4n) is 2.63. The molecule has 118 valence electrons. The average Bonchev–Trinajstić information content (AvgIpc) is 2.95. The van der Waals surface area contributed by atoms with E-state index in [4.69, 9.17) is 14.6 Å². The zero-order chi connectivity index (χ0) is 14.7. The Labute approximate surface area is 131 Å². The van der Waals surface area contributed by atoms with Gasteiger partial charge in [0, 0.05) is 12.6 Å². The quantitative estimate of drug-likeness (QED) is 0.904. The molecule has 1 aromatic carbocycles. The van der Waals surface area contributed by atoms with Gasteiger partial charge in [0.05, 0.1) is 14.2 Å². The third kappa shape index (κ3) is 4.02. The summed E-state index contributed by atoms with van der Waals surface area (Å²) in [6, 6.07) is 5.41. The minimum Gasteiger partial charge on any atom is -0.497 e. The van der Waals surface area contributed by atoms with Crippen LogP contribution in [0.25, 0.3) is 0 Å². The van der Waals surface area contributed by atoms with Crippen molar-refractivity contribution in [3.05, 3.63) is 23.8 Å². The van der Waals surface area contributed by atoms with E-state index in [0.29, 0.717) is 5.92 Å². The first-order valence-corrected chi connectivity index (χ1v) is 6.75. The molecular formula is C15H22ClNO4. The van der Waals surface area contributed by atoms with Gasteiger partial charge in [-0.15, -0.1) is 12.4 Å². The number of nitrogens with zero attached hydrogens (tertiary/aromatic N) is 1. The molecule has 0 aliphatic carbocycles. The Morgan fingerprint density at radius 2 is 1.86 bits per heavy atom. The highest BCUT2D eigenvalue weighted by molar-refractivity contribution is 5.85. The van der Waals surface area contributed by atoms with Gasteiger partial charge in [0.15, 0.2) is 0 Å². The fourth-order valence-corrected chi connectivity index (χ4v) is 2.63. The number of carbonyl (C=O) groups is 1. The van der Waals surface area contributed by atoms with E-state index < -0.39 is 12.0 Å². The van der Waals surface area contributed by atoms with Crippen molar-refractivity contribution < 1.29 is 19.4 Å². The molecule has 2 unspecified atom stereocenters. The normalized spacial score (nSPS) is 19.7. The molecular weight excluding hydrogens is 294 g/mol. The van der Waals surface area contributed by atoms with Crippen LogP contribution in [-0.4, -0.2) is 49.3 Å². The highest BCUT2D eigenvalue weighted by Crippen LogP contribution is 2.33. The lowest BCUT2D eigenvalue weighted by Gasteiger charge is -2.20. The second-order valence-corrected chi connectivity index (χ2v) is 5.14. The molecule has 5 nitrogen and oxygen atoms in total. The Bertz CT molecular complexity index is 472. The van der Waals surface area contributed by atoms with E-state index in [-0.39, 0.29) is 12.4 Å². The van der Waals surface area contributed by atoms with E-state index in [9.17, 15) is 4.79 Å². The van der Waals surface area contributed by atoms with Gasteiger partial charge in [0.1, 0.15) is 17.5 Å². The van der Waals surface area contributed by atoms with Crippen LogP contribution in [0.5, 0.6) is 11.5 Å². The van der Waals surface area contributed by atoms with Crippen molar-refractivity contribution in [2.24, 2.45) is 0 Å². The van der Waals surface area contributed by atoms with E-state index in [1.807, 2.05) is 23.1 Å². The van der Waals surface area contributed by atoms with Crippen LogP contribution in [0.4, 0.5) is 0 Å². The lowest BCUT2D eigenvalue weighted by atomic mass is 9.98.